The molecule has 0 aromatic heterocycles. The van der Waals surface area contributed by atoms with Gasteiger partial charge in [-0.2, -0.15) is 13.2 Å². The second-order valence-corrected chi connectivity index (χ2v) is 8.52. The molecular weight excluding hydrogens is 463 g/mol. The molecule has 1 aromatic carbocycles. The zero-order valence-corrected chi connectivity index (χ0v) is 17.8. The number of alkyl halides is 3. The Labute approximate surface area is 191 Å². The van der Waals surface area contributed by atoms with Crippen molar-refractivity contribution in [3.8, 4) is 0 Å². The lowest BCUT2D eigenvalue weighted by molar-refractivity contribution is -0.146. The minimum atomic E-state index is -4.86. The molecular formula is C22H21F5N4O3. The number of nitrogens with one attached hydrogen (secondary N) is 2. The summed E-state index contributed by atoms with van der Waals surface area (Å²) in [5.41, 5.74) is -3.25. The van der Waals surface area contributed by atoms with E-state index in [4.69, 9.17) is 15.6 Å². The fraction of sp³-hybridized carbons (Fsp3) is 0.455. The number of likely N-dealkylation sites (tertiary alicyclic amines) is 1. The first-order chi connectivity index (χ1) is 15.9. The molecule has 4 rings (SSSR count). The Morgan fingerprint density at radius 1 is 1.12 bits per heavy atom. The van der Waals surface area contributed by atoms with E-state index in [2.05, 4.69) is 0 Å². The first-order valence-corrected chi connectivity index (χ1v) is 10.6. The second kappa shape index (κ2) is 8.57. The molecule has 1 aromatic rings. The van der Waals surface area contributed by atoms with Crippen molar-refractivity contribution in [2.75, 3.05) is 13.1 Å². The van der Waals surface area contributed by atoms with Gasteiger partial charge < -0.3 is 19.9 Å². The van der Waals surface area contributed by atoms with Crippen molar-refractivity contribution in [2.24, 2.45) is 0 Å². The summed E-state index contributed by atoms with van der Waals surface area (Å²) < 4.78 is 71.9. The van der Waals surface area contributed by atoms with Crippen molar-refractivity contribution in [2.45, 2.75) is 49.7 Å². The molecule has 3 fully saturated rings. The summed E-state index contributed by atoms with van der Waals surface area (Å²) in [6, 6.07) is 2.55. The molecule has 3 heterocycles. The first-order valence-electron chi connectivity index (χ1n) is 10.6. The number of carbonyl (C=O) groups is 2. The smallest absolute Gasteiger partial charge is 0.342 e. The number of hydrogen-bond acceptors (Lipinski definition) is 5. The van der Waals surface area contributed by atoms with Gasteiger partial charge in [0.25, 0.3) is 11.8 Å². The summed E-state index contributed by atoms with van der Waals surface area (Å²) in [5, 5.41) is 14.6. The standard InChI is InChI=1S/C22H21F5N4O3/c23-14-7-12(8-15(24)10-14)17-1-2-18-31(17)20(33)21(34-18)3-5-30(6-4-21)19(32)16(29)9-13(11-28)22(25,26)27/h7-11,17-18,28-29H,1-6H2/b13-9+,28-11?,29-16?/t17-,18?/m0/s1. The van der Waals surface area contributed by atoms with Crippen LogP contribution in [0.5, 0.6) is 0 Å². The van der Waals surface area contributed by atoms with Gasteiger partial charge in [0.15, 0.2) is 5.60 Å². The third kappa shape index (κ3) is 4.22. The van der Waals surface area contributed by atoms with E-state index >= 15 is 0 Å². The van der Waals surface area contributed by atoms with Crippen LogP contribution < -0.4 is 0 Å². The van der Waals surface area contributed by atoms with Crippen molar-refractivity contribution >= 4 is 23.7 Å². The molecule has 3 aliphatic rings. The van der Waals surface area contributed by atoms with Gasteiger partial charge in [-0.3, -0.25) is 15.0 Å². The highest BCUT2D eigenvalue weighted by atomic mass is 19.4. The minimum absolute atomic E-state index is 0.0213. The van der Waals surface area contributed by atoms with Gasteiger partial charge in [-0.05, 0) is 36.6 Å². The maximum atomic E-state index is 13.7. The lowest BCUT2D eigenvalue weighted by atomic mass is 9.89. The van der Waals surface area contributed by atoms with Gasteiger partial charge >= 0.3 is 6.18 Å². The number of fused-ring (bicyclic) bond motifs is 1. The second-order valence-electron chi connectivity index (χ2n) is 8.52. The Hall–Kier alpha value is -3.15. The molecule has 1 unspecified atom stereocenters. The number of amides is 2. The summed E-state index contributed by atoms with van der Waals surface area (Å²) in [7, 11) is 0. The summed E-state index contributed by atoms with van der Waals surface area (Å²) in [5.74, 6) is -2.80. The number of rotatable bonds is 4. The molecule has 3 aliphatic heterocycles. The maximum Gasteiger partial charge on any atom is 0.417 e. The van der Waals surface area contributed by atoms with Gasteiger partial charge in [0.1, 0.15) is 23.6 Å². The Morgan fingerprint density at radius 2 is 1.74 bits per heavy atom. The number of benzene rings is 1. The lowest BCUT2D eigenvalue weighted by Crippen LogP contribution is -2.52. The van der Waals surface area contributed by atoms with Gasteiger partial charge in [0.05, 0.1) is 11.6 Å². The van der Waals surface area contributed by atoms with E-state index in [9.17, 15) is 31.5 Å². The Bertz CT molecular complexity index is 1060. The fourth-order valence-electron chi connectivity index (χ4n) is 4.80. The van der Waals surface area contributed by atoms with E-state index in [0.717, 1.165) is 6.07 Å². The molecule has 12 heteroatoms. The Kier molecular flexibility index (Phi) is 6.05. The van der Waals surface area contributed by atoms with Gasteiger partial charge in [-0.25, -0.2) is 8.78 Å². The van der Waals surface area contributed by atoms with Crippen LogP contribution in [0, 0.1) is 22.5 Å². The van der Waals surface area contributed by atoms with Gasteiger partial charge in [0.2, 0.25) is 0 Å². The molecule has 2 N–H and O–H groups in total. The molecule has 2 amide bonds. The van der Waals surface area contributed by atoms with Crippen molar-refractivity contribution in [1.82, 2.24) is 9.80 Å². The van der Waals surface area contributed by atoms with E-state index in [1.165, 1.54) is 21.9 Å². The van der Waals surface area contributed by atoms with E-state index in [1.54, 1.807) is 0 Å². The highest BCUT2D eigenvalue weighted by Crippen LogP contribution is 2.47. The number of piperidine rings is 1. The molecule has 34 heavy (non-hydrogen) atoms. The predicted octanol–water partition coefficient (Wildman–Crippen LogP) is 3.50. The zero-order chi connectivity index (χ0) is 24.8. The molecule has 3 saturated heterocycles. The molecule has 7 nitrogen and oxygen atoms in total. The molecule has 182 valence electrons. The van der Waals surface area contributed by atoms with Crippen LogP contribution in [0.2, 0.25) is 0 Å². The van der Waals surface area contributed by atoms with Crippen molar-refractivity contribution in [1.29, 1.82) is 10.8 Å². The zero-order valence-electron chi connectivity index (χ0n) is 17.8. The topological polar surface area (TPSA) is 97.6 Å². The molecule has 0 bridgehead atoms. The third-order valence-electron chi connectivity index (χ3n) is 6.46. The SMILES string of the molecule is N=C/C(=C\C(=N)C(=O)N1CCC2(CC1)OC1CC[C@@H](c3cc(F)cc(F)c3)N1C2=O)C(F)(F)F. The van der Waals surface area contributed by atoms with Crippen LogP contribution >= 0.6 is 0 Å². The van der Waals surface area contributed by atoms with Crippen LogP contribution in [0.3, 0.4) is 0 Å². The third-order valence-corrected chi connectivity index (χ3v) is 6.46. The number of nitrogens with zero attached hydrogens (tertiary/aromatic N) is 2. The maximum absolute atomic E-state index is 13.7. The van der Waals surface area contributed by atoms with Crippen molar-refractivity contribution < 1.29 is 36.3 Å². The average Bonchev–Trinajstić information content (AvgIpc) is 3.28. The van der Waals surface area contributed by atoms with E-state index < -0.39 is 52.9 Å². The van der Waals surface area contributed by atoms with Crippen LogP contribution in [0.15, 0.2) is 29.8 Å². The summed E-state index contributed by atoms with van der Waals surface area (Å²) >= 11 is 0. The van der Waals surface area contributed by atoms with Crippen LogP contribution in [0.4, 0.5) is 22.0 Å². The number of allylic oxidation sites excluding steroid dienone is 1. The van der Waals surface area contributed by atoms with Crippen LogP contribution in [0.1, 0.15) is 37.3 Å². The van der Waals surface area contributed by atoms with Crippen molar-refractivity contribution in [3.63, 3.8) is 0 Å². The molecule has 1 spiro atoms. The number of halogens is 5. The summed E-state index contributed by atoms with van der Waals surface area (Å²) in [6.07, 6.45) is -4.02. The van der Waals surface area contributed by atoms with E-state index in [-0.39, 0.29) is 38.1 Å². The largest absolute Gasteiger partial charge is 0.417 e. The first kappa shape index (κ1) is 24.0. The van der Waals surface area contributed by atoms with Gasteiger partial charge in [-0.1, -0.05) is 0 Å². The molecule has 0 radical (unpaired) electrons. The number of hydrogen-bond donors (Lipinski definition) is 2. The monoisotopic (exact) mass is 484 g/mol. The van der Waals surface area contributed by atoms with Gasteiger partial charge in [-0.15, -0.1) is 0 Å². The minimum Gasteiger partial charge on any atom is -0.342 e. The van der Waals surface area contributed by atoms with E-state index in [0.29, 0.717) is 24.5 Å². The lowest BCUT2D eigenvalue weighted by Gasteiger charge is -2.37. The predicted molar refractivity (Wildman–Crippen MR) is 109 cm³/mol. The fourth-order valence-corrected chi connectivity index (χ4v) is 4.80. The Balaban J connectivity index is 1.45. The van der Waals surface area contributed by atoms with Gasteiger partial charge in [0, 0.05) is 38.2 Å². The highest BCUT2D eigenvalue weighted by molar-refractivity contribution is 6.42. The number of carbonyl (C=O) groups excluding carboxylic acids is 2. The molecule has 2 atom stereocenters. The summed E-state index contributed by atoms with van der Waals surface area (Å²) in [6.45, 7) is -0.0426. The quantitative estimate of drug-likeness (QED) is 0.506. The normalized spacial score (nSPS) is 24.5. The molecule has 0 aliphatic carbocycles. The van der Waals surface area contributed by atoms with Crippen molar-refractivity contribution in [3.05, 3.63) is 47.0 Å². The summed E-state index contributed by atoms with van der Waals surface area (Å²) in [4.78, 5) is 28.4. The molecule has 0 saturated carbocycles. The van der Waals surface area contributed by atoms with Crippen LogP contribution in [0.25, 0.3) is 0 Å². The van der Waals surface area contributed by atoms with Crippen LogP contribution in [-0.2, 0) is 14.3 Å². The van der Waals surface area contributed by atoms with Crippen LogP contribution in [-0.4, -0.2) is 64.6 Å². The van der Waals surface area contributed by atoms with E-state index in [1.807, 2.05) is 0 Å². The highest BCUT2D eigenvalue weighted by Gasteiger charge is 2.58. The Morgan fingerprint density at radius 3 is 2.29 bits per heavy atom. The average molecular weight is 484 g/mol. The number of ether oxygens (including phenoxy) is 1.